The molecule has 0 saturated heterocycles. The summed E-state index contributed by atoms with van der Waals surface area (Å²) in [5, 5.41) is 3.15. The normalized spacial score (nSPS) is 33.1. The predicted octanol–water partition coefficient (Wildman–Crippen LogP) is 1.26. The molecule has 2 aliphatic rings. The van der Waals surface area contributed by atoms with Gasteiger partial charge in [-0.2, -0.15) is 0 Å². The molecule has 0 bridgehead atoms. The fraction of sp³-hybridized carbons (Fsp3) is 0.600. The van der Waals surface area contributed by atoms with E-state index in [1.165, 1.54) is 0 Å². The standard InChI is InChI=1S/C15H21N3O/c16-12-5-10-7-14(8-11(10)6-12)18-15(19)9-13-3-1-2-4-17-13/h1-4,10-12,14H,5-9,16H2,(H,18,19). The smallest absolute Gasteiger partial charge is 0.226 e. The summed E-state index contributed by atoms with van der Waals surface area (Å²) in [6, 6.07) is 6.40. The highest BCUT2D eigenvalue weighted by Crippen LogP contribution is 2.43. The summed E-state index contributed by atoms with van der Waals surface area (Å²) in [4.78, 5) is 16.2. The lowest BCUT2D eigenvalue weighted by atomic mass is 10.0. The molecule has 2 saturated carbocycles. The first-order chi connectivity index (χ1) is 9.20. The Hall–Kier alpha value is -1.42. The van der Waals surface area contributed by atoms with Crippen molar-refractivity contribution in [3.8, 4) is 0 Å². The topological polar surface area (TPSA) is 68.0 Å². The molecule has 4 heteroatoms. The van der Waals surface area contributed by atoms with Gasteiger partial charge in [-0.1, -0.05) is 6.07 Å². The van der Waals surface area contributed by atoms with Gasteiger partial charge in [0.05, 0.1) is 6.42 Å². The van der Waals surface area contributed by atoms with Crippen molar-refractivity contribution in [3.05, 3.63) is 30.1 Å². The summed E-state index contributed by atoms with van der Waals surface area (Å²) in [6.45, 7) is 0. The van der Waals surface area contributed by atoms with Crippen LogP contribution in [0.25, 0.3) is 0 Å². The van der Waals surface area contributed by atoms with Crippen molar-refractivity contribution in [2.24, 2.45) is 17.6 Å². The third kappa shape index (κ3) is 2.95. The molecule has 1 aromatic heterocycles. The Balaban J connectivity index is 1.49. The molecule has 19 heavy (non-hydrogen) atoms. The quantitative estimate of drug-likeness (QED) is 0.858. The zero-order chi connectivity index (χ0) is 13.2. The fourth-order valence-electron chi connectivity index (χ4n) is 3.73. The summed E-state index contributed by atoms with van der Waals surface area (Å²) in [5.41, 5.74) is 6.81. The Bertz CT molecular complexity index is 434. The van der Waals surface area contributed by atoms with Crippen molar-refractivity contribution < 1.29 is 4.79 Å². The van der Waals surface area contributed by atoms with Crippen LogP contribution in [-0.4, -0.2) is 23.0 Å². The number of nitrogens with zero attached hydrogens (tertiary/aromatic N) is 1. The molecule has 1 aromatic rings. The van der Waals surface area contributed by atoms with Crippen LogP contribution in [0.5, 0.6) is 0 Å². The van der Waals surface area contributed by atoms with E-state index in [2.05, 4.69) is 10.3 Å². The van der Waals surface area contributed by atoms with Crippen LogP contribution >= 0.6 is 0 Å². The van der Waals surface area contributed by atoms with Crippen molar-refractivity contribution in [2.75, 3.05) is 0 Å². The first-order valence-corrected chi connectivity index (χ1v) is 7.15. The van der Waals surface area contributed by atoms with E-state index in [0.717, 1.165) is 43.2 Å². The summed E-state index contributed by atoms with van der Waals surface area (Å²) < 4.78 is 0. The van der Waals surface area contributed by atoms with Gasteiger partial charge in [-0.25, -0.2) is 0 Å². The number of aromatic nitrogens is 1. The second-order valence-electron chi connectivity index (χ2n) is 5.99. The number of amides is 1. The first-order valence-electron chi connectivity index (χ1n) is 7.15. The molecule has 2 unspecified atom stereocenters. The van der Waals surface area contributed by atoms with E-state index in [4.69, 9.17) is 5.73 Å². The number of fused-ring (bicyclic) bond motifs is 1. The summed E-state index contributed by atoms with van der Waals surface area (Å²) in [5.74, 6) is 1.55. The molecular formula is C15H21N3O. The van der Waals surface area contributed by atoms with Crippen molar-refractivity contribution >= 4 is 5.91 Å². The highest BCUT2D eigenvalue weighted by Gasteiger charge is 2.40. The van der Waals surface area contributed by atoms with E-state index in [1.807, 2.05) is 18.2 Å². The first kappa shape index (κ1) is 12.6. The van der Waals surface area contributed by atoms with Gasteiger partial charge in [0.1, 0.15) is 0 Å². The van der Waals surface area contributed by atoms with Crippen LogP contribution in [0.2, 0.25) is 0 Å². The van der Waals surface area contributed by atoms with Gasteiger partial charge in [0.15, 0.2) is 0 Å². The molecule has 102 valence electrons. The van der Waals surface area contributed by atoms with Crippen LogP contribution in [0.4, 0.5) is 0 Å². The van der Waals surface area contributed by atoms with Gasteiger partial charge < -0.3 is 11.1 Å². The van der Waals surface area contributed by atoms with Gasteiger partial charge in [0.2, 0.25) is 5.91 Å². The highest BCUT2D eigenvalue weighted by molar-refractivity contribution is 5.78. The van der Waals surface area contributed by atoms with Crippen molar-refractivity contribution in [2.45, 2.75) is 44.2 Å². The zero-order valence-corrected chi connectivity index (χ0v) is 11.1. The molecule has 1 heterocycles. The van der Waals surface area contributed by atoms with Gasteiger partial charge >= 0.3 is 0 Å². The van der Waals surface area contributed by atoms with Gasteiger partial charge in [-0.05, 0) is 49.7 Å². The lowest BCUT2D eigenvalue weighted by Crippen LogP contribution is -2.35. The van der Waals surface area contributed by atoms with E-state index in [-0.39, 0.29) is 5.91 Å². The number of pyridine rings is 1. The van der Waals surface area contributed by atoms with Gasteiger partial charge in [0.25, 0.3) is 0 Å². The van der Waals surface area contributed by atoms with Crippen molar-refractivity contribution in [1.29, 1.82) is 0 Å². The number of nitrogens with two attached hydrogens (primary N) is 1. The van der Waals surface area contributed by atoms with Crippen LogP contribution < -0.4 is 11.1 Å². The number of rotatable bonds is 3. The van der Waals surface area contributed by atoms with Crippen LogP contribution in [0.1, 0.15) is 31.4 Å². The van der Waals surface area contributed by atoms with Crippen LogP contribution in [0.3, 0.4) is 0 Å². The Labute approximate surface area is 113 Å². The molecule has 0 aromatic carbocycles. The lowest BCUT2D eigenvalue weighted by molar-refractivity contribution is -0.121. The van der Waals surface area contributed by atoms with Gasteiger partial charge in [-0.15, -0.1) is 0 Å². The average Bonchev–Trinajstić information content (AvgIpc) is 2.86. The van der Waals surface area contributed by atoms with E-state index >= 15 is 0 Å². The number of carbonyl (C=O) groups excluding carboxylic acids is 1. The van der Waals surface area contributed by atoms with E-state index in [1.54, 1.807) is 6.20 Å². The van der Waals surface area contributed by atoms with Crippen molar-refractivity contribution in [3.63, 3.8) is 0 Å². The van der Waals surface area contributed by atoms with E-state index < -0.39 is 0 Å². The Kier molecular flexibility index (Phi) is 3.51. The third-order valence-electron chi connectivity index (χ3n) is 4.49. The molecule has 2 fully saturated rings. The Morgan fingerprint density at radius 1 is 1.26 bits per heavy atom. The number of nitrogens with one attached hydrogen (secondary N) is 1. The van der Waals surface area contributed by atoms with E-state index in [9.17, 15) is 4.79 Å². The van der Waals surface area contributed by atoms with Crippen LogP contribution in [0.15, 0.2) is 24.4 Å². The van der Waals surface area contributed by atoms with Crippen LogP contribution in [0, 0.1) is 11.8 Å². The summed E-state index contributed by atoms with van der Waals surface area (Å²) >= 11 is 0. The van der Waals surface area contributed by atoms with Gasteiger partial charge in [-0.3, -0.25) is 9.78 Å². The number of hydrogen-bond donors (Lipinski definition) is 2. The molecule has 4 nitrogen and oxygen atoms in total. The molecule has 3 rings (SSSR count). The molecule has 0 spiro atoms. The highest BCUT2D eigenvalue weighted by atomic mass is 16.1. The SMILES string of the molecule is NC1CC2CC(NC(=O)Cc3ccccn3)CC2C1. The predicted molar refractivity (Wildman–Crippen MR) is 73.3 cm³/mol. The largest absolute Gasteiger partial charge is 0.353 e. The minimum absolute atomic E-state index is 0.0907. The molecule has 2 atom stereocenters. The molecule has 0 aliphatic heterocycles. The molecular weight excluding hydrogens is 238 g/mol. The Morgan fingerprint density at radius 2 is 2.00 bits per heavy atom. The maximum Gasteiger partial charge on any atom is 0.226 e. The lowest BCUT2D eigenvalue weighted by Gasteiger charge is -2.14. The van der Waals surface area contributed by atoms with E-state index in [0.29, 0.717) is 18.5 Å². The summed E-state index contributed by atoms with van der Waals surface area (Å²) in [6.07, 6.45) is 6.59. The maximum absolute atomic E-state index is 12.0. The third-order valence-corrected chi connectivity index (χ3v) is 4.49. The maximum atomic E-state index is 12.0. The average molecular weight is 259 g/mol. The second-order valence-corrected chi connectivity index (χ2v) is 5.99. The second kappa shape index (κ2) is 5.29. The number of hydrogen-bond acceptors (Lipinski definition) is 3. The molecule has 0 radical (unpaired) electrons. The van der Waals surface area contributed by atoms with Crippen LogP contribution in [-0.2, 0) is 11.2 Å². The fourth-order valence-corrected chi connectivity index (χ4v) is 3.73. The monoisotopic (exact) mass is 259 g/mol. The minimum atomic E-state index is 0.0907. The summed E-state index contributed by atoms with van der Waals surface area (Å²) in [7, 11) is 0. The molecule has 3 N–H and O–H groups in total. The molecule has 2 aliphatic carbocycles. The Morgan fingerprint density at radius 3 is 2.63 bits per heavy atom. The number of carbonyl (C=O) groups is 1. The van der Waals surface area contributed by atoms with Crippen molar-refractivity contribution in [1.82, 2.24) is 10.3 Å². The zero-order valence-electron chi connectivity index (χ0n) is 11.1. The minimum Gasteiger partial charge on any atom is -0.353 e. The van der Waals surface area contributed by atoms with Gasteiger partial charge in [0, 0.05) is 24.0 Å². The molecule has 1 amide bonds.